The summed E-state index contributed by atoms with van der Waals surface area (Å²) >= 11 is 0. The summed E-state index contributed by atoms with van der Waals surface area (Å²) in [6, 6.07) is 15.4. The van der Waals surface area contributed by atoms with Crippen LogP contribution in [0.15, 0.2) is 59.7 Å². The number of aromatic amines is 2. The maximum absolute atomic E-state index is 13.0. The van der Waals surface area contributed by atoms with Crippen molar-refractivity contribution in [1.29, 1.82) is 0 Å². The molecule has 0 unspecified atom stereocenters. The zero-order valence-electron chi connectivity index (χ0n) is 14.5. The summed E-state index contributed by atoms with van der Waals surface area (Å²) in [6.07, 6.45) is 1.61. The zero-order valence-corrected chi connectivity index (χ0v) is 14.5. The largest absolute Gasteiger partial charge is 0.358 e. The third-order valence-corrected chi connectivity index (χ3v) is 4.27. The molecule has 0 aliphatic rings. The van der Waals surface area contributed by atoms with Crippen molar-refractivity contribution < 1.29 is 9.18 Å². The Labute approximate surface area is 154 Å². The van der Waals surface area contributed by atoms with Crippen molar-refractivity contribution in [2.45, 2.75) is 6.92 Å². The van der Waals surface area contributed by atoms with Crippen LogP contribution in [0.25, 0.3) is 22.2 Å². The van der Waals surface area contributed by atoms with Gasteiger partial charge in [0.05, 0.1) is 11.9 Å². The monoisotopic (exact) mass is 361 g/mol. The summed E-state index contributed by atoms with van der Waals surface area (Å²) < 4.78 is 13.0. The maximum atomic E-state index is 13.0. The van der Waals surface area contributed by atoms with Crippen LogP contribution in [-0.4, -0.2) is 27.3 Å². The van der Waals surface area contributed by atoms with Crippen LogP contribution in [0, 0.1) is 12.7 Å². The van der Waals surface area contributed by atoms with Gasteiger partial charge in [-0.1, -0.05) is 18.2 Å². The Kier molecular flexibility index (Phi) is 4.25. The van der Waals surface area contributed by atoms with Crippen LogP contribution in [0.3, 0.4) is 0 Å². The minimum atomic E-state index is -0.412. The number of rotatable bonds is 4. The van der Waals surface area contributed by atoms with E-state index in [0.29, 0.717) is 11.3 Å². The number of hydrogen-bond donors (Lipinski definition) is 3. The first kappa shape index (κ1) is 16.7. The van der Waals surface area contributed by atoms with Gasteiger partial charge in [-0.15, -0.1) is 0 Å². The van der Waals surface area contributed by atoms with Gasteiger partial charge >= 0.3 is 0 Å². The summed E-state index contributed by atoms with van der Waals surface area (Å²) in [5.41, 5.74) is 6.92. The number of para-hydroxylation sites is 1. The molecule has 2 aromatic carbocycles. The molecule has 0 fully saturated rings. The fourth-order valence-electron chi connectivity index (χ4n) is 2.89. The average Bonchev–Trinajstić information content (AvgIpc) is 3.27. The van der Waals surface area contributed by atoms with E-state index in [4.69, 9.17) is 0 Å². The summed E-state index contributed by atoms with van der Waals surface area (Å²) in [5, 5.41) is 11.8. The van der Waals surface area contributed by atoms with Gasteiger partial charge < -0.3 is 4.98 Å². The number of halogens is 1. The molecular formula is C20H16FN5O. The lowest BCUT2D eigenvalue weighted by Gasteiger charge is -1.96. The van der Waals surface area contributed by atoms with Gasteiger partial charge in [0, 0.05) is 27.7 Å². The van der Waals surface area contributed by atoms with Crippen LogP contribution in [0.2, 0.25) is 0 Å². The van der Waals surface area contributed by atoms with Crippen molar-refractivity contribution in [3.05, 3.63) is 77.4 Å². The first-order valence-corrected chi connectivity index (χ1v) is 8.34. The van der Waals surface area contributed by atoms with Crippen LogP contribution in [-0.2, 0) is 0 Å². The van der Waals surface area contributed by atoms with Gasteiger partial charge in [0.15, 0.2) is 0 Å². The zero-order chi connectivity index (χ0) is 18.8. The number of nitrogens with zero attached hydrogens (tertiary/aromatic N) is 2. The number of fused-ring (bicyclic) bond motifs is 1. The highest BCUT2D eigenvalue weighted by Gasteiger charge is 2.11. The minimum Gasteiger partial charge on any atom is -0.358 e. The van der Waals surface area contributed by atoms with Crippen LogP contribution in [0.5, 0.6) is 0 Å². The number of nitrogens with one attached hydrogen (secondary N) is 3. The van der Waals surface area contributed by atoms with Crippen molar-refractivity contribution in [2.24, 2.45) is 5.10 Å². The Balaban J connectivity index is 1.49. The van der Waals surface area contributed by atoms with E-state index in [1.165, 1.54) is 12.1 Å². The Morgan fingerprint density at radius 1 is 1.19 bits per heavy atom. The van der Waals surface area contributed by atoms with Crippen LogP contribution in [0.4, 0.5) is 4.39 Å². The van der Waals surface area contributed by atoms with E-state index >= 15 is 0 Å². The van der Waals surface area contributed by atoms with E-state index in [1.807, 2.05) is 31.2 Å². The molecule has 27 heavy (non-hydrogen) atoms. The molecule has 0 saturated heterocycles. The topological polar surface area (TPSA) is 85.9 Å². The quantitative estimate of drug-likeness (QED) is 0.382. The molecule has 2 aromatic heterocycles. The Morgan fingerprint density at radius 2 is 1.96 bits per heavy atom. The standard InChI is InChI=1S/C20H16FN5O/c1-12-16(15-4-2-3-5-17(15)23-12)11-22-26-20(27)19-10-18(24-25-19)13-6-8-14(21)9-7-13/h2-11,23H,1H3,(H,24,25)(H,26,27)/b22-11-. The van der Waals surface area contributed by atoms with E-state index in [-0.39, 0.29) is 11.5 Å². The predicted octanol–water partition coefficient (Wildman–Crippen LogP) is 3.77. The molecule has 0 aliphatic carbocycles. The molecule has 0 saturated carbocycles. The molecule has 1 amide bonds. The highest BCUT2D eigenvalue weighted by Crippen LogP contribution is 2.20. The summed E-state index contributed by atoms with van der Waals surface area (Å²) in [7, 11) is 0. The third-order valence-electron chi connectivity index (χ3n) is 4.27. The molecule has 6 nitrogen and oxygen atoms in total. The molecule has 3 N–H and O–H groups in total. The van der Waals surface area contributed by atoms with Gasteiger partial charge in [-0.25, -0.2) is 9.82 Å². The van der Waals surface area contributed by atoms with Crippen LogP contribution < -0.4 is 5.43 Å². The van der Waals surface area contributed by atoms with Crippen molar-refractivity contribution in [3.63, 3.8) is 0 Å². The Hall–Kier alpha value is -3.74. The lowest BCUT2D eigenvalue weighted by Crippen LogP contribution is -2.18. The number of hydrazone groups is 1. The molecule has 2 heterocycles. The molecule has 0 radical (unpaired) electrons. The van der Waals surface area contributed by atoms with Crippen molar-refractivity contribution >= 4 is 23.0 Å². The van der Waals surface area contributed by atoms with Gasteiger partial charge in [-0.05, 0) is 43.3 Å². The number of carbonyl (C=O) groups excluding carboxylic acids is 1. The van der Waals surface area contributed by atoms with Gasteiger partial charge in [-0.3, -0.25) is 9.89 Å². The smallest absolute Gasteiger partial charge is 0.289 e. The molecule has 0 atom stereocenters. The summed E-state index contributed by atoms with van der Waals surface area (Å²) in [5.74, 6) is -0.737. The fourth-order valence-corrected chi connectivity index (χ4v) is 2.89. The predicted molar refractivity (Wildman–Crippen MR) is 102 cm³/mol. The molecule has 7 heteroatoms. The number of benzene rings is 2. The highest BCUT2D eigenvalue weighted by atomic mass is 19.1. The van der Waals surface area contributed by atoms with E-state index in [0.717, 1.165) is 22.2 Å². The first-order valence-electron chi connectivity index (χ1n) is 8.34. The maximum Gasteiger partial charge on any atom is 0.289 e. The molecular weight excluding hydrogens is 345 g/mol. The molecule has 0 spiro atoms. The summed E-state index contributed by atoms with van der Waals surface area (Å²) in [6.45, 7) is 1.95. The molecule has 134 valence electrons. The van der Waals surface area contributed by atoms with E-state index in [9.17, 15) is 9.18 Å². The van der Waals surface area contributed by atoms with Crippen molar-refractivity contribution in [1.82, 2.24) is 20.6 Å². The number of hydrogen-bond acceptors (Lipinski definition) is 3. The van der Waals surface area contributed by atoms with Gasteiger partial charge in [-0.2, -0.15) is 10.2 Å². The lowest BCUT2D eigenvalue weighted by atomic mass is 10.1. The molecule has 0 bridgehead atoms. The Bertz CT molecular complexity index is 1140. The SMILES string of the molecule is Cc1[nH]c2ccccc2c1/C=N\NC(=O)c1cc(-c2ccc(F)cc2)n[nH]1. The second-order valence-corrected chi connectivity index (χ2v) is 6.08. The van der Waals surface area contributed by atoms with Crippen molar-refractivity contribution in [3.8, 4) is 11.3 Å². The van der Waals surface area contributed by atoms with Crippen molar-refractivity contribution in [2.75, 3.05) is 0 Å². The lowest BCUT2D eigenvalue weighted by molar-refractivity contribution is 0.0950. The van der Waals surface area contributed by atoms with Crippen LogP contribution >= 0.6 is 0 Å². The number of carbonyl (C=O) groups is 1. The minimum absolute atomic E-state index is 0.266. The van der Waals surface area contributed by atoms with E-state index in [2.05, 4.69) is 25.7 Å². The number of amides is 1. The van der Waals surface area contributed by atoms with E-state index < -0.39 is 5.91 Å². The fraction of sp³-hybridized carbons (Fsp3) is 0.0500. The number of H-pyrrole nitrogens is 2. The number of aromatic nitrogens is 3. The van der Waals surface area contributed by atoms with E-state index in [1.54, 1.807) is 24.4 Å². The van der Waals surface area contributed by atoms with Gasteiger partial charge in [0.2, 0.25) is 0 Å². The first-order chi connectivity index (χ1) is 13.1. The average molecular weight is 361 g/mol. The summed E-state index contributed by atoms with van der Waals surface area (Å²) in [4.78, 5) is 15.5. The second-order valence-electron chi connectivity index (χ2n) is 6.08. The third kappa shape index (κ3) is 3.35. The van der Waals surface area contributed by atoms with Gasteiger partial charge in [0.25, 0.3) is 5.91 Å². The second kappa shape index (κ2) is 6.87. The number of aryl methyl sites for hydroxylation is 1. The highest BCUT2D eigenvalue weighted by molar-refractivity contribution is 6.01. The normalized spacial score (nSPS) is 11.3. The van der Waals surface area contributed by atoms with Gasteiger partial charge in [0.1, 0.15) is 11.5 Å². The van der Waals surface area contributed by atoms with Crippen LogP contribution in [0.1, 0.15) is 21.7 Å². The molecule has 4 aromatic rings. The molecule has 4 rings (SSSR count). The Morgan fingerprint density at radius 3 is 2.78 bits per heavy atom. The molecule has 0 aliphatic heterocycles.